The summed E-state index contributed by atoms with van der Waals surface area (Å²) in [7, 11) is 3.64. The standard InChI is InChI=1S/C17H28N4O2/c1-12-15(13(2)20(3)19-12)14-6-5-11-21(14)16(22)17(23-4)7-9-18-10-8-17/h14,18H,5-11H2,1-4H3. The summed E-state index contributed by atoms with van der Waals surface area (Å²) in [6, 6.07) is 0.137. The van der Waals surface area contributed by atoms with E-state index in [0.29, 0.717) is 0 Å². The van der Waals surface area contributed by atoms with Crippen molar-refractivity contribution in [3.63, 3.8) is 0 Å². The number of carbonyl (C=O) groups is 1. The fourth-order valence-electron chi connectivity index (χ4n) is 4.18. The average molecular weight is 320 g/mol. The molecule has 3 rings (SSSR count). The van der Waals surface area contributed by atoms with E-state index in [9.17, 15) is 4.79 Å². The molecule has 1 atom stereocenters. The third kappa shape index (κ3) is 2.68. The summed E-state index contributed by atoms with van der Waals surface area (Å²) < 4.78 is 7.67. The van der Waals surface area contributed by atoms with Crippen LogP contribution in [0.25, 0.3) is 0 Å². The van der Waals surface area contributed by atoms with Crippen LogP contribution in [0.1, 0.15) is 48.7 Å². The van der Waals surface area contributed by atoms with Gasteiger partial charge in [0.15, 0.2) is 0 Å². The Bertz CT molecular complexity index is 590. The molecule has 1 unspecified atom stereocenters. The summed E-state index contributed by atoms with van der Waals surface area (Å²) in [5.41, 5.74) is 2.76. The highest BCUT2D eigenvalue weighted by Crippen LogP contribution is 2.38. The van der Waals surface area contributed by atoms with E-state index in [0.717, 1.165) is 56.7 Å². The third-order valence-electron chi connectivity index (χ3n) is 5.60. The van der Waals surface area contributed by atoms with Crippen LogP contribution in [-0.4, -0.2) is 52.9 Å². The van der Waals surface area contributed by atoms with Crippen LogP contribution in [-0.2, 0) is 16.6 Å². The van der Waals surface area contributed by atoms with Gasteiger partial charge in [-0.3, -0.25) is 9.48 Å². The maximum absolute atomic E-state index is 13.3. The molecular formula is C17H28N4O2. The van der Waals surface area contributed by atoms with Crippen molar-refractivity contribution in [1.82, 2.24) is 20.0 Å². The highest BCUT2D eigenvalue weighted by atomic mass is 16.5. The van der Waals surface area contributed by atoms with Crippen molar-refractivity contribution in [2.24, 2.45) is 7.05 Å². The number of nitrogens with one attached hydrogen (secondary N) is 1. The predicted molar refractivity (Wildman–Crippen MR) is 88.2 cm³/mol. The Morgan fingerprint density at radius 3 is 2.61 bits per heavy atom. The largest absolute Gasteiger partial charge is 0.368 e. The van der Waals surface area contributed by atoms with Crippen molar-refractivity contribution in [2.45, 2.75) is 51.2 Å². The SMILES string of the molecule is COC1(C(=O)N2CCCC2c2c(C)nn(C)c2C)CCNCC1. The number of ether oxygens (including phenoxy) is 1. The zero-order chi connectivity index (χ0) is 16.6. The molecular weight excluding hydrogens is 292 g/mol. The number of aromatic nitrogens is 2. The molecule has 2 fully saturated rings. The first-order valence-electron chi connectivity index (χ1n) is 8.57. The van der Waals surface area contributed by atoms with E-state index in [2.05, 4.69) is 17.3 Å². The number of hydrogen-bond acceptors (Lipinski definition) is 4. The fourth-order valence-corrected chi connectivity index (χ4v) is 4.18. The van der Waals surface area contributed by atoms with Crippen molar-refractivity contribution in [3.8, 4) is 0 Å². The van der Waals surface area contributed by atoms with Gasteiger partial charge in [0.25, 0.3) is 5.91 Å². The van der Waals surface area contributed by atoms with Crippen LogP contribution in [0.15, 0.2) is 0 Å². The first-order chi connectivity index (χ1) is 11.0. The summed E-state index contributed by atoms with van der Waals surface area (Å²) in [5, 5.41) is 7.86. The normalized spacial score (nSPS) is 24.2. The Hall–Kier alpha value is -1.40. The molecule has 0 bridgehead atoms. The zero-order valence-corrected chi connectivity index (χ0v) is 14.7. The molecule has 0 aliphatic carbocycles. The number of nitrogens with zero attached hydrogens (tertiary/aromatic N) is 3. The molecule has 0 radical (unpaired) electrons. The van der Waals surface area contributed by atoms with Crippen molar-refractivity contribution in [2.75, 3.05) is 26.7 Å². The molecule has 128 valence electrons. The molecule has 0 spiro atoms. The Labute approximate surface area is 138 Å². The summed E-state index contributed by atoms with van der Waals surface area (Å²) in [5.74, 6) is 0.159. The van der Waals surface area contributed by atoms with E-state index in [-0.39, 0.29) is 11.9 Å². The summed E-state index contributed by atoms with van der Waals surface area (Å²) >= 11 is 0. The lowest BCUT2D eigenvalue weighted by Crippen LogP contribution is -2.55. The second kappa shape index (κ2) is 6.24. The van der Waals surface area contributed by atoms with Crippen molar-refractivity contribution >= 4 is 5.91 Å². The van der Waals surface area contributed by atoms with Gasteiger partial charge in [-0.05, 0) is 52.6 Å². The van der Waals surface area contributed by atoms with Crippen LogP contribution in [0, 0.1) is 13.8 Å². The highest BCUT2D eigenvalue weighted by Gasteiger charge is 2.46. The predicted octanol–water partition coefficient (Wildman–Crippen LogP) is 1.47. The molecule has 1 aromatic heterocycles. The maximum Gasteiger partial charge on any atom is 0.255 e. The number of methoxy groups -OCH3 is 1. The van der Waals surface area contributed by atoms with Gasteiger partial charge in [-0.15, -0.1) is 0 Å². The molecule has 0 saturated carbocycles. The first kappa shape index (κ1) is 16.5. The molecule has 2 aliphatic rings. The van der Waals surface area contributed by atoms with Crippen molar-refractivity contribution in [1.29, 1.82) is 0 Å². The number of likely N-dealkylation sites (tertiary alicyclic amines) is 1. The number of hydrogen-bond donors (Lipinski definition) is 1. The second-order valence-corrected chi connectivity index (χ2v) is 6.81. The van der Waals surface area contributed by atoms with Gasteiger partial charge >= 0.3 is 0 Å². The van der Waals surface area contributed by atoms with E-state index >= 15 is 0 Å². The van der Waals surface area contributed by atoms with E-state index in [1.54, 1.807) is 7.11 Å². The smallest absolute Gasteiger partial charge is 0.255 e. The Morgan fingerprint density at radius 1 is 1.35 bits per heavy atom. The van der Waals surface area contributed by atoms with Crippen LogP contribution < -0.4 is 5.32 Å². The van der Waals surface area contributed by atoms with Crippen LogP contribution in [0.4, 0.5) is 0 Å². The maximum atomic E-state index is 13.3. The van der Waals surface area contributed by atoms with Crippen LogP contribution in [0.5, 0.6) is 0 Å². The topological polar surface area (TPSA) is 59.4 Å². The molecule has 23 heavy (non-hydrogen) atoms. The van der Waals surface area contributed by atoms with E-state index in [1.165, 1.54) is 5.56 Å². The van der Waals surface area contributed by atoms with Gasteiger partial charge in [-0.2, -0.15) is 5.10 Å². The Morgan fingerprint density at radius 2 is 2.04 bits per heavy atom. The Balaban J connectivity index is 1.90. The zero-order valence-electron chi connectivity index (χ0n) is 14.7. The number of amides is 1. The fraction of sp³-hybridized carbons (Fsp3) is 0.765. The number of carbonyl (C=O) groups excluding carboxylic acids is 1. The molecule has 1 N–H and O–H groups in total. The van der Waals surface area contributed by atoms with Crippen LogP contribution in [0.3, 0.4) is 0 Å². The molecule has 3 heterocycles. The first-order valence-corrected chi connectivity index (χ1v) is 8.57. The summed E-state index contributed by atoms with van der Waals surface area (Å²) in [4.78, 5) is 15.4. The van der Waals surface area contributed by atoms with Crippen LogP contribution >= 0.6 is 0 Å². The lowest BCUT2D eigenvalue weighted by atomic mass is 9.89. The molecule has 1 amide bonds. The van der Waals surface area contributed by atoms with Gasteiger partial charge in [0, 0.05) is 32.0 Å². The highest BCUT2D eigenvalue weighted by molar-refractivity contribution is 5.86. The number of rotatable bonds is 3. The number of aryl methyl sites for hydroxylation is 2. The lowest BCUT2D eigenvalue weighted by Gasteiger charge is -2.39. The quantitative estimate of drug-likeness (QED) is 0.916. The van der Waals surface area contributed by atoms with Crippen LogP contribution in [0.2, 0.25) is 0 Å². The van der Waals surface area contributed by atoms with Gasteiger partial charge in [0.1, 0.15) is 5.60 Å². The number of piperidine rings is 1. The van der Waals surface area contributed by atoms with Gasteiger partial charge in [-0.25, -0.2) is 0 Å². The molecule has 2 saturated heterocycles. The minimum absolute atomic E-state index is 0.137. The molecule has 6 heteroatoms. The summed E-state index contributed by atoms with van der Waals surface area (Å²) in [6.45, 7) is 6.62. The monoisotopic (exact) mass is 320 g/mol. The summed E-state index contributed by atoms with van der Waals surface area (Å²) in [6.07, 6.45) is 3.55. The second-order valence-electron chi connectivity index (χ2n) is 6.81. The van der Waals surface area contributed by atoms with Gasteiger partial charge in [0.2, 0.25) is 0 Å². The minimum Gasteiger partial charge on any atom is -0.368 e. The van der Waals surface area contributed by atoms with E-state index < -0.39 is 5.60 Å². The van der Waals surface area contributed by atoms with Gasteiger partial charge in [-0.1, -0.05) is 0 Å². The Kier molecular flexibility index (Phi) is 4.47. The van der Waals surface area contributed by atoms with Gasteiger partial charge < -0.3 is 15.0 Å². The van der Waals surface area contributed by atoms with E-state index in [1.807, 2.05) is 23.6 Å². The molecule has 1 aromatic rings. The molecule has 0 aromatic carbocycles. The molecule has 2 aliphatic heterocycles. The lowest BCUT2D eigenvalue weighted by molar-refractivity contribution is -0.159. The third-order valence-corrected chi connectivity index (χ3v) is 5.60. The molecule has 6 nitrogen and oxygen atoms in total. The van der Waals surface area contributed by atoms with E-state index in [4.69, 9.17) is 4.74 Å². The van der Waals surface area contributed by atoms with Crippen molar-refractivity contribution in [3.05, 3.63) is 17.0 Å². The average Bonchev–Trinajstić information content (AvgIpc) is 3.12. The van der Waals surface area contributed by atoms with Gasteiger partial charge in [0.05, 0.1) is 11.7 Å². The minimum atomic E-state index is -0.655. The van der Waals surface area contributed by atoms with Crippen molar-refractivity contribution < 1.29 is 9.53 Å².